The van der Waals surface area contributed by atoms with Crippen molar-refractivity contribution in [2.75, 3.05) is 0 Å². The van der Waals surface area contributed by atoms with Crippen molar-refractivity contribution in [2.24, 2.45) is 0 Å². The number of hydrogen-bond donors (Lipinski definition) is 0. The van der Waals surface area contributed by atoms with E-state index in [1.807, 2.05) is 6.07 Å². The topological polar surface area (TPSA) is 30.2 Å². The highest BCUT2D eigenvalue weighted by Gasteiger charge is 2.38. The molecule has 0 bridgehead atoms. The second-order valence-electron chi connectivity index (χ2n) is 5.38. The van der Waals surface area contributed by atoms with E-state index in [9.17, 15) is 4.79 Å². The van der Waals surface area contributed by atoms with E-state index >= 15 is 0 Å². The molecule has 17 heavy (non-hydrogen) atoms. The first-order valence-corrected chi connectivity index (χ1v) is 6.10. The van der Waals surface area contributed by atoms with Crippen molar-refractivity contribution in [3.05, 3.63) is 35.6 Å². The average Bonchev–Trinajstić information content (AvgIpc) is 2.85. The first-order valence-electron chi connectivity index (χ1n) is 6.10. The van der Waals surface area contributed by atoms with Crippen molar-refractivity contribution in [1.29, 1.82) is 0 Å². The Balaban J connectivity index is 2.13. The minimum atomic E-state index is -0.0947. The molecule has 0 amide bonds. The van der Waals surface area contributed by atoms with Gasteiger partial charge >= 0.3 is 0 Å². The lowest BCUT2D eigenvalue weighted by atomic mass is 9.86. The van der Waals surface area contributed by atoms with Crippen LogP contribution >= 0.6 is 0 Å². The average molecular weight is 228 g/mol. The molecule has 2 aromatic rings. The monoisotopic (exact) mass is 228 g/mol. The van der Waals surface area contributed by atoms with E-state index in [-0.39, 0.29) is 5.41 Å². The van der Waals surface area contributed by atoms with Crippen molar-refractivity contribution in [2.45, 2.75) is 38.5 Å². The summed E-state index contributed by atoms with van der Waals surface area (Å²) in [7, 11) is 0. The molecule has 1 aliphatic carbocycles. The van der Waals surface area contributed by atoms with Gasteiger partial charge in [0.25, 0.3) is 0 Å². The molecule has 2 heteroatoms. The first-order chi connectivity index (χ1) is 8.08. The Morgan fingerprint density at radius 1 is 1.35 bits per heavy atom. The van der Waals surface area contributed by atoms with Gasteiger partial charge in [-0.25, -0.2) is 0 Å². The van der Waals surface area contributed by atoms with Crippen molar-refractivity contribution in [1.82, 2.24) is 0 Å². The summed E-state index contributed by atoms with van der Waals surface area (Å²) in [6, 6.07) is 8.26. The van der Waals surface area contributed by atoms with Gasteiger partial charge in [0.1, 0.15) is 17.1 Å². The van der Waals surface area contributed by atoms with Crippen LogP contribution in [0.1, 0.15) is 37.5 Å². The zero-order valence-electron chi connectivity index (χ0n) is 10.2. The van der Waals surface area contributed by atoms with E-state index in [2.05, 4.69) is 32.0 Å². The summed E-state index contributed by atoms with van der Waals surface area (Å²) in [5.41, 5.74) is 2.02. The molecule has 0 radical (unpaired) electrons. The lowest BCUT2D eigenvalue weighted by molar-refractivity contribution is -0.117. The summed E-state index contributed by atoms with van der Waals surface area (Å²) in [6.07, 6.45) is 2.21. The number of ketones is 1. The summed E-state index contributed by atoms with van der Waals surface area (Å²) in [6.45, 7) is 4.18. The molecule has 1 heterocycles. The SMILES string of the molecule is Cc1cccc2cc(C3(C)CCC(=O)C3)oc12. The van der Waals surface area contributed by atoms with E-state index in [4.69, 9.17) is 4.42 Å². The smallest absolute Gasteiger partial charge is 0.137 e. The summed E-state index contributed by atoms with van der Waals surface area (Å²) in [5.74, 6) is 1.32. The quantitative estimate of drug-likeness (QED) is 0.744. The molecular formula is C15H16O2. The number of furan rings is 1. The molecule has 2 nitrogen and oxygen atoms in total. The second-order valence-corrected chi connectivity index (χ2v) is 5.38. The van der Waals surface area contributed by atoms with Gasteiger partial charge in [-0.1, -0.05) is 25.1 Å². The van der Waals surface area contributed by atoms with Crippen LogP contribution in [-0.2, 0) is 10.2 Å². The van der Waals surface area contributed by atoms with Crippen LogP contribution in [0.4, 0.5) is 0 Å². The van der Waals surface area contributed by atoms with Gasteiger partial charge in [0.2, 0.25) is 0 Å². The Bertz CT molecular complexity index is 594. The van der Waals surface area contributed by atoms with E-state index in [0.29, 0.717) is 18.6 Å². The molecule has 1 atom stereocenters. The highest BCUT2D eigenvalue weighted by molar-refractivity contribution is 5.84. The lowest BCUT2D eigenvalue weighted by Gasteiger charge is -2.18. The molecule has 1 aliphatic rings. The standard InChI is InChI=1S/C15H16O2/c1-10-4-3-5-11-8-13(17-14(10)11)15(2)7-6-12(16)9-15/h3-5,8H,6-7,9H2,1-2H3. The predicted molar refractivity (Wildman–Crippen MR) is 67.2 cm³/mol. The molecule has 0 N–H and O–H groups in total. The largest absolute Gasteiger partial charge is 0.460 e. The maximum atomic E-state index is 11.5. The van der Waals surface area contributed by atoms with Crippen molar-refractivity contribution >= 4 is 16.8 Å². The van der Waals surface area contributed by atoms with Gasteiger partial charge in [0.05, 0.1) is 0 Å². The Morgan fingerprint density at radius 2 is 2.18 bits per heavy atom. The highest BCUT2D eigenvalue weighted by atomic mass is 16.3. The Labute approximate surface area is 101 Å². The molecular weight excluding hydrogens is 212 g/mol. The lowest BCUT2D eigenvalue weighted by Crippen LogP contribution is -2.16. The third-order valence-corrected chi connectivity index (χ3v) is 3.88. The molecule has 0 saturated heterocycles. The van der Waals surface area contributed by atoms with Crippen molar-refractivity contribution in [3.8, 4) is 0 Å². The Hall–Kier alpha value is -1.57. The van der Waals surface area contributed by atoms with Gasteiger partial charge in [-0.2, -0.15) is 0 Å². The molecule has 1 aromatic carbocycles. The molecule has 0 spiro atoms. The second kappa shape index (κ2) is 3.46. The zero-order valence-corrected chi connectivity index (χ0v) is 10.2. The molecule has 0 aliphatic heterocycles. The summed E-state index contributed by atoms with van der Waals surface area (Å²) < 4.78 is 5.98. The number of rotatable bonds is 1. The van der Waals surface area contributed by atoms with E-state index in [1.54, 1.807) is 0 Å². The number of carbonyl (C=O) groups is 1. The number of aryl methyl sites for hydroxylation is 1. The fraction of sp³-hybridized carbons (Fsp3) is 0.400. The summed E-state index contributed by atoms with van der Waals surface area (Å²) in [5, 5.41) is 1.14. The van der Waals surface area contributed by atoms with Crippen LogP contribution < -0.4 is 0 Å². The van der Waals surface area contributed by atoms with E-state index < -0.39 is 0 Å². The van der Waals surface area contributed by atoms with Crippen LogP contribution in [0.15, 0.2) is 28.7 Å². The van der Waals surface area contributed by atoms with Crippen LogP contribution in [0.25, 0.3) is 11.0 Å². The van der Waals surface area contributed by atoms with Crippen molar-refractivity contribution in [3.63, 3.8) is 0 Å². The van der Waals surface area contributed by atoms with Gasteiger partial charge in [-0.15, -0.1) is 0 Å². The number of carbonyl (C=O) groups excluding carboxylic acids is 1. The fourth-order valence-electron chi connectivity index (χ4n) is 2.74. The number of para-hydroxylation sites is 1. The third-order valence-electron chi connectivity index (χ3n) is 3.88. The normalized spacial score (nSPS) is 24.7. The third kappa shape index (κ3) is 1.59. The summed E-state index contributed by atoms with van der Waals surface area (Å²) in [4.78, 5) is 11.5. The highest BCUT2D eigenvalue weighted by Crippen LogP contribution is 2.41. The van der Waals surface area contributed by atoms with Crippen molar-refractivity contribution < 1.29 is 9.21 Å². The van der Waals surface area contributed by atoms with Gasteiger partial charge in [-0.3, -0.25) is 4.79 Å². The van der Waals surface area contributed by atoms with Crippen LogP contribution in [0.5, 0.6) is 0 Å². The molecule has 1 unspecified atom stereocenters. The minimum absolute atomic E-state index is 0.0947. The Morgan fingerprint density at radius 3 is 2.82 bits per heavy atom. The van der Waals surface area contributed by atoms with Crippen LogP contribution in [0.3, 0.4) is 0 Å². The number of Topliss-reactive ketones (excluding diaryl/α,β-unsaturated/α-hetero) is 1. The van der Waals surface area contributed by atoms with E-state index in [1.165, 1.54) is 0 Å². The first kappa shape index (κ1) is 10.6. The van der Waals surface area contributed by atoms with Crippen LogP contribution in [0.2, 0.25) is 0 Å². The van der Waals surface area contributed by atoms with Crippen LogP contribution in [0, 0.1) is 6.92 Å². The minimum Gasteiger partial charge on any atom is -0.460 e. The van der Waals surface area contributed by atoms with Gasteiger partial charge in [-0.05, 0) is 25.0 Å². The molecule has 3 rings (SSSR count). The number of fused-ring (bicyclic) bond motifs is 1. The van der Waals surface area contributed by atoms with Gasteiger partial charge in [0, 0.05) is 23.6 Å². The van der Waals surface area contributed by atoms with Crippen LogP contribution in [-0.4, -0.2) is 5.78 Å². The molecule has 1 aromatic heterocycles. The van der Waals surface area contributed by atoms with Gasteiger partial charge < -0.3 is 4.42 Å². The maximum absolute atomic E-state index is 11.5. The number of hydrogen-bond acceptors (Lipinski definition) is 2. The molecule has 1 saturated carbocycles. The van der Waals surface area contributed by atoms with Gasteiger partial charge in [0.15, 0.2) is 0 Å². The zero-order chi connectivity index (χ0) is 12.0. The number of benzene rings is 1. The predicted octanol–water partition coefficient (Wildman–Crippen LogP) is 3.75. The van der Waals surface area contributed by atoms with E-state index in [0.717, 1.165) is 28.7 Å². The maximum Gasteiger partial charge on any atom is 0.137 e. The molecule has 1 fully saturated rings. The summed E-state index contributed by atoms with van der Waals surface area (Å²) >= 11 is 0. The molecule has 88 valence electrons. The Kier molecular flexibility index (Phi) is 2.15. The fourth-order valence-corrected chi connectivity index (χ4v) is 2.74.